The summed E-state index contributed by atoms with van der Waals surface area (Å²) >= 11 is 0. The summed E-state index contributed by atoms with van der Waals surface area (Å²) in [6, 6.07) is 16.6. The Kier molecular flexibility index (Phi) is 5.67. The lowest BCUT2D eigenvalue weighted by Gasteiger charge is -2.24. The van der Waals surface area contributed by atoms with Crippen molar-refractivity contribution in [2.75, 3.05) is 0 Å². The fraction of sp³-hybridized carbons (Fsp3) is 0.192. The van der Waals surface area contributed by atoms with E-state index in [2.05, 4.69) is 20.5 Å². The van der Waals surface area contributed by atoms with Crippen LogP contribution < -0.4 is 5.32 Å². The average molecular weight is 460 g/mol. The Labute approximate surface area is 194 Å². The molecular formula is C26H22F2N4O2. The van der Waals surface area contributed by atoms with Gasteiger partial charge in [-0.1, -0.05) is 12.1 Å². The lowest BCUT2D eigenvalue weighted by molar-refractivity contribution is 0.0761. The highest BCUT2D eigenvalue weighted by atomic mass is 19.1. The molecule has 2 heterocycles. The number of hydrogen-bond donors (Lipinski definition) is 3. The molecule has 6 nitrogen and oxygen atoms in total. The molecule has 0 aliphatic heterocycles. The van der Waals surface area contributed by atoms with E-state index in [1.807, 2.05) is 12.1 Å². The summed E-state index contributed by atoms with van der Waals surface area (Å²) in [6.45, 7) is 0. The van der Waals surface area contributed by atoms with Crippen molar-refractivity contribution >= 4 is 5.91 Å². The van der Waals surface area contributed by atoms with E-state index in [0.717, 1.165) is 5.69 Å². The Hall–Kier alpha value is -3.91. The molecule has 34 heavy (non-hydrogen) atoms. The second-order valence-corrected chi connectivity index (χ2v) is 8.49. The summed E-state index contributed by atoms with van der Waals surface area (Å²) in [5.41, 5.74) is 1.37. The van der Waals surface area contributed by atoms with Crippen molar-refractivity contribution in [3.8, 4) is 22.5 Å². The van der Waals surface area contributed by atoms with Gasteiger partial charge in [-0.2, -0.15) is 5.10 Å². The number of aromatic amines is 1. The van der Waals surface area contributed by atoms with E-state index in [-0.39, 0.29) is 16.9 Å². The summed E-state index contributed by atoms with van der Waals surface area (Å²) in [6.07, 6.45) is 3.16. The Balaban J connectivity index is 1.44. The van der Waals surface area contributed by atoms with Crippen LogP contribution in [-0.2, 0) is 6.42 Å². The third-order valence-corrected chi connectivity index (χ3v) is 6.10. The number of nitrogens with one attached hydrogen (secondary N) is 2. The summed E-state index contributed by atoms with van der Waals surface area (Å²) in [5.74, 6) is -1.47. The van der Waals surface area contributed by atoms with Crippen molar-refractivity contribution in [1.82, 2.24) is 20.5 Å². The van der Waals surface area contributed by atoms with Gasteiger partial charge in [-0.3, -0.25) is 14.9 Å². The van der Waals surface area contributed by atoms with Gasteiger partial charge in [-0.25, -0.2) is 8.78 Å². The molecule has 4 aromatic rings. The van der Waals surface area contributed by atoms with Crippen LogP contribution in [0.15, 0.2) is 72.9 Å². The predicted molar refractivity (Wildman–Crippen MR) is 123 cm³/mol. The number of benzene rings is 2. The monoisotopic (exact) mass is 460 g/mol. The number of halogens is 2. The maximum absolute atomic E-state index is 15.0. The predicted octanol–water partition coefficient (Wildman–Crippen LogP) is 4.28. The van der Waals surface area contributed by atoms with Gasteiger partial charge < -0.3 is 10.4 Å². The van der Waals surface area contributed by atoms with E-state index in [4.69, 9.17) is 0 Å². The molecule has 0 saturated heterocycles. The van der Waals surface area contributed by atoms with Crippen molar-refractivity contribution in [2.45, 2.75) is 30.9 Å². The van der Waals surface area contributed by atoms with Crippen LogP contribution in [0.2, 0.25) is 0 Å². The molecule has 0 radical (unpaired) electrons. The quantitative estimate of drug-likeness (QED) is 0.384. The van der Waals surface area contributed by atoms with E-state index in [1.165, 1.54) is 30.3 Å². The number of rotatable bonds is 7. The third-order valence-electron chi connectivity index (χ3n) is 6.10. The molecule has 1 atom stereocenters. The number of nitrogens with zero attached hydrogens (tertiary/aromatic N) is 2. The van der Waals surface area contributed by atoms with E-state index in [0.29, 0.717) is 36.2 Å². The molecule has 3 N–H and O–H groups in total. The SMILES string of the molecule is O=C(N[C@H](Cc1ccccn1)C1(O)CC1)c1cccc(F)c1-c1cc(-c2ccc(F)cc2)n[nH]1. The minimum absolute atomic E-state index is 0.0697. The van der Waals surface area contributed by atoms with E-state index >= 15 is 0 Å². The molecule has 2 aromatic heterocycles. The Morgan fingerprint density at radius 3 is 2.59 bits per heavy atom. The van der Waals surface area contributed by atoms with Gasteiger partial charge >= 0.3 is 0 Å². The van der Waals surface area contributed by atoms with Gasteiger partial charge in [0.25, 0.3) is 5.91 Å². The molecule has 172 valence electrons. The van der Waals surface area contributed by atoms with Gasteiger partial charge in [0.1, 0.15) is 11.6 Å². The number of aliphatic hydroxyl groups is 1. The van der Waals surface area contributed by atoms with Crippen molar-refractivity contribution in [3.05, 3.63) is 95.8 Å². The lowest BCUT2D eigenvalue weighted by Crippen LogP contribution is -2.46. The van der Waals surface area contributed by atoms with Crippen molar-refractivity contribution in [2.24, 2.45) is 0 Å². The molecule has 2 aromatic carbocycles. The molecule has 0 spiro atoms. The highest BCUT2D eigenvalue weighted by Gasteiger charge is 2.48. The van der Waals surface area contributed by atoms with E-state index < -0.39 is 23.4 Å². The summed E-state index contributed by atoms with van der Waals surface area (Å²) < 4.78 is 28.2. The minimum Gasteiger partial charge on any atom is -0.388 e. The van der Waals surface area contributed by atoms with Crippen LogP contribution in [-0.4, -0.2) is 37.8 Å². The van der Waals surface area contributed by atoms with Gasteiger partial charge in [0, 0.05) is 29.4 Å². The van der Waals surface area contributed by atoms with E-state index in [9.17, 15) is 18.7 Å². The second-order valence-electron chi connectivity index (χ2n) is 8.49. The van der Waals surface area contributed by atoms with Gasteiger partial charge in [-0.05, 0) is 67.4 Å². The lowest BCUT2D eigenvalue weighted by atomic mass is 9.99. The van der Waals surface area contributed by atoms with Crippen molar-refractivity contribution in [3.63, 3.8) is 0 Å². The van der Waals surface area contributed by atoms with E-state index in [1.54, 1.807) is 30.5 Å². The summed E-state index contributed by atoms with van der Waals surface area (Å²) in [7, 11) is 0. The van der Waals surface area contributed by atoms with Gasteiger partial charge in [0.05, 0.1) is 28.6 Å². The number of amides is 1. The normalized spacial score (nSPS) is 15.0. The molecule has 1 amide bonds. The number of hydrogen-bond acceptors (Lipinski definition) is 4. The van der Waals surface area contributed by atoms with Crippen LogP contribution in [0.5, 0.6) is 0 Å². The Morgan fingerprint density at radius 2 is 1.88 bits per heavy atom. The van der Waals surface area contributed by atoms with Gasteiger partial charge in [0.15, 0.2) is 0 Å². The zero-order valence-electron chi connectivity index (χ0n) is 18.1. The molecule has 1 aliphatic rings. The molecule has 1 aliphatic carbocycles. The van der Waals surface area contributed by atoms with Gasteiger partial charge in [-0.15, -0.1) is 0 Å². The molecule has 8 heteroatoms. The summed E-state index contributed by atoms with van der Waals surface area (Å²) in [4.78, 5) is 17.6. The van der Waals surface area contributed by atoms with Crippen LogP contribution in [0.4, 0.5) is 8.78 Å². The zero-order valence-corrected chi connectivity index (χ0v) is 18.1. The molecule has 1 fully saturated rings. The average Bonchev–Trinajstić information content (AvgIpc) is 3.41. The smallest absolute Gasteiger partial charge is 0.252 e. The van der Waals surface area contributed by atoms with Crippen molar-refractivity contribution < 1.29 is 18.7 Å². The molecular weight excluding hydrogens is 438 g/mol. The third kappa shape index (κ3) is 4.45. The molecule has 1 saturated carbocycles. The fourth-order valence-corrected chi connectivity index (χ4v) is 4.02. The number of aromatic nitrogens is 3. The zero-order chi connectivity index (χ0) is 23.7. The number of H-pyrrole nitrogens is 1. The maximum atomic E-state index is 15.0. The molecule has 5 rings (SSSR count). The minimum atomic E-state index is -1.01. The Bertz CT molecular complexity index is 1320. The van der Waals surface area contributed by atoms with Crippen LogP contribution >= 0.6 is 0 Å². The first-order valence-electron chi connectivity index (χ1n) is 11.0. The molecule has 0 unspecified atom stereocenters. The first kappa shape index (κ1) is 21.9. The second kappa shape index (κ2) is 8.79. The standard InChI is InChI=1S/C26H22F2N4O2/c27-17-9-7-16(8-10-17)21-15-22(32-31-21)24-19(5-3-6-20(24)28)25(33)30-23(26(34)11-12-26)14-18-4-1-2-13-29-18/h1-10,13,15,23,34H,11-12,14H2,(H,30,33)(H,31,32)/t23-/m1/s1. The van der Waals surface area contributed by atoms with Gasteiger partial charge in [0.2, 0.25) is 0 Å². The molecule has 0 bridgehead atoms. The first-order chi connectivity index (χ1) is 16.4. The van der Waals surface area contributed by atoms with Crippen LogP contribution in [0.1, 0.15) is 28.9 Å². The van der Waals surface area contributed by atoms with Crippen LogP contribution in [0, 0.1) is 11.6 Å². The Morgan fingerprint density at radius 1 is 1.09 bits per heavy atom. The highest BCUT2D eigenvalue weighted by Crippen LogP contribution is 2.40. The topological polar surface area (TPSA) is 90.9 Å². The van der Waals surface area contributed by atoms with Crippen LogP contribution in [0.25, 0.3) is 22.5 Å². The number of pyridine rings is 1. The number of carbonyl (C=O) groups is 1. The van der Waals surface area contributed by atoms with Crippen LogP contribution in [0.3, 0.4) is 0 Å². The fourth-order valence-electron chi connectivity index (χ4n) is 4.02. The maximum Gasteiger partial charge on any atom is 0.252 e. The number of carbonyl (C=O) groups excluding carboxylic acids is 1. The van der Waals surface area contributed by atoms with Crippen molar-refractivity contribution in [1.29, 1.82) is 0 Å². The highest BCUT2D eigenvalue weighted by molar-refractivity contribution is 6.01. The first-order valence-corrected chi connectivity index (χ1v) is 11.0. The summed E-state index contributed by atoms with van der Waals surface area (Å²) in [5, 5.41) is 20.7. The largest absolute Gasteiger partial charge is 0.388 e.